The molecule has 0 unspecified atom stereocenters. The van der Waals surface area contributed by atoms with Gasteiger partial charge in [-0.3, -0.25) is 9.41 Å². The Balaban J connectivity index is 0.00000128. The second-order valence-electron chi connectivity index (χ2n) is 3.57. The number of rotatable bonds is 4. The van der Waals surface area contributed by atoms with Gasteiger partial charge in [0.2, 0.25) is 0 Å². The first-order valence-corrected chi connectivity index (χ1v) is 9.27. The van der Waals surface area contributed by atoms with E-state index >= 15 is 0 Å². The summed E-state index contributed by atoms with van der Waals surface area (Å²) in [6.07, 6.45) is 0. The first-order chi connectivity index (χ1) is 7.45. The van der Waals surface area contributed by atoms with Crippen LogP contribution in [-0.2, 0) is 8.87 Å². The zero-order valence-corrected chi connectivity index (χ0v) is 12.4. The van der Waals surface area contributed by atoms with Crippen LogP contribution < -0.4 is 0 Å². The first kappa shape index (κ1) is 16.1. The van der Waals surface area contributed by atoms with Crippen molar-refractivity contribution in [2.75, 3.05) is 0 Å². The van der Waals surface area contributed by atoms with E-state index < -0.39 is 0 Å². The third kappa shape index (κ3) is 5.82. The number of hydrogen-bond donors (Lipinski definition) is 0. The monoisotopic (exact) mass is 342 g/mol. The average Bonchev–Trinajstić information content (AvgIpc) is 2.32. The van der Waals surface area contributed by atoms with Gasteiger partial charge >= 0.3 is 102 Å². The number of benzene rings is 2. The molecule has 2 aromatic rings. The van der Waals surface area contributed by atoms with Crippen molar-refractivity contribution in [3.63, 3.8) is 0 Å². The maximum atomic E-state index is 2.24. The Hall–Kier alpha value is -0.901. The van der Waals surface area contributed by atoms with Gasteiger partial charge in [-0.2, -0.15) is 0 Å². The molecule has 2 rings (SSSR count). The number of hydrogen-bond acceptors (Lipinski definition) is 0. The van der Waals surface area contributed by atoms with Gasteiger partial charge < -0.3 is 0 Å². The van der Waals surface area contributed by atoms with Crippen molar-refractivity contribution in [2.24, 2.45) is 0 Å². The minimum atomic E-state index is -0.258. The Morgan fingerprint density at radius 1 is 0.588 bits per heavy atom. The van der Waals surface area contributed by atoms with Crippen LogP contribution in [0.5, 0.6) is 0 Å². The summed E-state index contributed by atoms with van der Waals surface area (Å²) in [5.41, 5.74) is 3.03. The van der Waals surface area contributed by atoms with Gasteiger partial charge in [-0.25, -0.2) is 0 Å². The first-order valence-electron chi connectivity index (χ1n) is 5.24. The fourth-order valence-electron chi connectivity index (χ4n) is 1.54. The Morgan fingerprint density at radius 3 is 1.29 bits per heavy atom. The molecule has 0 aliphatic heterocycles. The number of halogens is 2. The molecule has 0 saturated carbocycles. The van der Waals surface area contributed by atoms with E-state index in [-0.39, 0.29) is 30.6 Å². The maximum absolute atomic E-state index is 2.24. The predicted octanol–water partition coefficient (Wildman–Crippen LogP) is 3.40. The zero-order valence-electron chi connectivity index (χ0n) is 9.50. The van der Waals surface area contributed by atoms with Crippen LogP contribution in [-0.4, -0.2) is 21.1 Å². The molecule has 2 radical (unpaired) electrons. The topological polar surface area (TPSA) is 0 Å². The Kier molecular flexibility index (Phi) is 8.68. The van der Waals surface area contributed by atoms with Gasteiger partial charge in [0.15, 0.2) is 0 Å². The molecule has 0 aliphatic carbocycles. The second kappa shape index (κ2) is 9.16. The molecule has 0 N–H and O–H groups in total. The molecule has 0 spiro atoms. The fraction of sp³-hybridized carbons (Fsp3) is 0.143. The SMILES string of the molecule is F.F.c1ccc([CH2][Sn][CH2]c2ccccc2)cc1. The average molecular weight is 341 g/mol. The molecular formula is C14H16F2Sn. The summed E-state index contributed by atoms with van der Waals surface area (Å²) in [6, 6.07) is 21.7. The summed E-state index contributed by atoms with van der Waals surface area (Å²) < 4.78 is 2.69. The van der Waals surface area contributed by atoms with Crippen molar-refractivity contribution in [2.45, 2.75) is 8.87 Å². The summed E-state index contributed by atoms with van der Waals surface area (Å²) in [7, 11) is 0. The standard InChI is InChI=1S/2C7H7.2FH.Sn/c2*1-7-5-3-2-4-6-7;;;/h2*2-6H,1H2;2*1H;. The molecule has 17 heavy (non-hydrogen) atoms. The van der Waals surface area contributed by atoms with Crippen LogP contribution in [0.4, 0.5) is 9.41 Å². The molecule has 2 aromatic carbocycles. The molecule has 0 aromatic heterocycles. The van der Waals surface area contributed by atoms with E-state index in [4.69, 9.17) is 0 Å². The van der Waals surface area contributed by atoms with Gasteiger partial charge in [-0.05, 0) is 0 Å². The third-order valence-electron chi connectivity index (χ3n) is 2.34. The molecule has 0 amide bonds. The molecule has 0 bridgehead atoms. The molecule has 0 atom stereocenters. The van der Waals surface area contributed by atoms with Crippen LogP contribution in [0.15, 0.2) is 60.7 Å². The van der Waals surface area contributed by atoms with Crippen LogP contribution in [0.3, 0.4) is 0 Å². The molecule has 0 fully saturated rings. The quantitative estimate of drug-likeness (QED) is 0.748. The Bertz CT molecular complexity index is 350. The van der Waals surface area contributed by atoms with Crippen LogP contribution in [0, 0.1) is 0 Å². The molecule has 0 aliphatic rings. The Morgan fingerprint density at radius 2 is 0.941 bits per heavy atom. The van der Waals surface area contributed by atoms with Gasteiger partial charge in [0, 0.05) is 0 Å². The van der Waals surface area contributed by atoms with Crippen molar-refractivity contribution in [1.82, 2.24) is 0 Å². The summed E-state index contributed by atoms with van der Waals surface area (Å²) in [6.45, 7) is 0. The van der Waals surface area contributed by atoms with E-state index in [2.05, 4.69) is 60.7 Å². The normalized spacial score (nSPS) is 8.94. The van der Waals surface area contributed by atoms with Crippen LogP contribution in [0.2, 0.25) is 0 Å². The van der Waals surface area contributed by atoms with E-state index in [1.165, 1.54) is 20.0 Å². The van der Waals surface area contributed by atoms with Crippen LogP contribution in [0.1, 0.15) is 11.1 Å². The molecule has 0 saturated heterocycles. The van der Waals surface area contributed by atoms with E-state index in [0.29, 0.717) is 0 Å². The predicted molar refractivity (Wildman–Crippen MR) is 71.1 cm³/mol. The van der Waals surface area contributed by atoms with Crippen molar-refractivity contribution in [3.05, 3.63) is 71.8 Å². The second-order valence-corrected chi connectivity index (χ2v) is 7.02. The van der Waals surface area contributed by atoms with E-state index in [9.17, 15) is 0 Å². The Labute approximate surface area is 111 Å². The van der Waals surface area contributed by atoms with E-state index in [1.807, 2.05) is 0 Å². The third-order valence-corrected chi connectivity index (χ3v) is 6.10. The van der Waals surface area contributed by atoms with Crippen molar-refractivity contribution >= 4 is 21.1 Å². The van der Waals surface area contributed by atoms with Gasteiger partial charge in [0.25, 0.3) is 0 Å². The summed E-state index contributed by atoms with van der Waals surface area (Å²) in [5, 5.41) is 0. The molecule has 0 heterocycles. The van der Waals surface area contributed by atoms with Crippen LogP contribution >= 0.6 is 0 Å². The van der Waals surface area contributed by atoms with Crippen molar-refractivity contribution in [3.8, 4) is 0 Å². The molecule has 90 valence electrons. The van der Waals surface area contributed by atoms with E-state index in [1.54, 1.807) is 0 Å². The van der Waals surface area contributed by atoms with Crippen molar-refractivity contribution in [1.29, 1.82) is 0 Å². The van der Waals surface area contributed by atoms with Gasteiger partial charge in [0.1, 0.15) is 0 Å². The van der Waals surface area contributed by atoms with Crippen LogP contribution in [0.25, 0.3) is 0 Å². The van der Waals surface area contributed by atoms with Gasteiger partial charge in [0.05, 0.1) is 0 Å². The molecule has 0 nitrogen and oxygen atoms in total. The minimum absolute atomic E-state index is 0. The molecule has 3 heteroatoms. The molecular weight excluding hydrogens is 325 g/mol. The fourth-order valence-corrected chi connectivity index (χ4v) is 4.89. The van der Waals surface area contributed by atoms with Crippen molar-refractivity contribution < 1.29 is 9.41 Å². The van der Waals surface area contributed by atoms with Gasteiger partial charge in [-0.15, -0.1) is 0 Å². The summed E-state index contributed by atoms with van der Waals surface area (Å²) >= 11 is -0.258. The summed E-state index contributed by atoms with van der Waals surface area (Å²) in [5.74, 6) is 0. The van der Waals surface area contributed by atoms with Gasteiger partial charge in [-0.1, -0.05) is 0 Å². The zero-order chi connectivity index (χ0) is 10.3. The summed E-state index contributed by atoms with van der Waals surface area (Å²) in [4.78, 5) is 0. The van der Waals surface area contributed by atoms with E-state index in [0.717, 1.165) is 0 Å².